The van der Waals surface area contributed by atoms with Crippen LogP contribution in [-0.2, 0) is 12.1 Å². The fourth-order valence-electron chi connectivity index (χ4n) is 3.20. The van der Waals surface area contributed by atoms with Crippen molar-refractivity contribution in [3.8, 4) is 0 Å². The molecule has 1 aliphatic carbocycles. The predicted octanol–water partition coefficient (Wildman–Crippen LogP) is 3.84. The number of halogens is 1. The van der Waals surface area contributed by atoms with Gasteiger partial charge in [-0.1, -0.05) is 43.0 Å². The number of hydrogen-bond donors (Lipinski definition) is 2. The molecule has 23 heavy (non-hydrogen) atoms. The maximum atomic E-state index is 12.7. The molecule has 0 unspecified atom stereocenters. The second kappa shape index (κ2) is 6.99. The van der Waals surface area contributed by atoms with Gasteiger partial charge in [0, 0.05) is 16.9 Å². The summed E-state index contributed by atoms with van der Waals surface area (Å²) < 4.78 is 0. The van der Waals surface area contributed by atoms with E-state index in [1.807, 2.05) is 24.3 Å². The molecule has 1 saturated carbocycles. The van der Waals surface area contributed by atoms with Crippen molar-refractivity contribution in [2.45, 2.75) is 44.2 Å². The lowest BCUT2D eigenvalue weighted by Gasteiger charge is -2.38. The fraction of sp³-hybridized carbons (Fsp3) is 0.412. The minimum atomic E-state index is -0.327. The van der Waals surface area contributed by atoms with Crippen molar-refractivity contribution in [1.29, 1.82) is 0 Å². The highest BCUT2D eigenvalue weighted by Crippen LogP contribution is 2.37. The Balaban J connectivity index is 1.86. The maximum absolute atomic E-state index is 12.7. The molecule has 3 rings (SSSR count). The van der Waals surface area contributed by atoms with Crippen LogP contribution in [0.15, 0.2) is 29.6 Å². The number of nitrogens with zero attached hydrogens (tertiary/aromatic N) is 1. The van der Waals surface area contributed by atoms with Crippen molar-refractivity contribution in [2.24, 2.45) is 5.73 Å². The number of aromatic nitrogens is 1. The number of carbonyl (C=O) groups is 1. The van der Waals surface area contributed by atoms with Crippen molar-refractivity contribution in [2.75, 3.05) is 0 Å². The van der Waals surface area contributed by atoms with Gasteiger partial charge in [-0.25, -0.2) is 4.98 Å². The highest BCUT2D eigenvalue weighted by Gasteiger charge is 2.36. The number of carbonyl (C=O) groups excluding carboxylic acids is 1. The Morgan fingerprint density at radius 3 is 2.57 bits per heavy atom. The van der Waals surface area contributed by atoms with Gasteiger partial charge in [-0.3, -0.25) is 4.79 Å². The van der Waals surface area contributed by atoms with Gasteiger partial charge in [0.15, 0.2) is 0 Å². The number of nitrogens with one attached hydrogen (secondary N) is 1. The van der Waals surface area contributed by atoms with Gasteiger partial charge in [0.05, 0.1) is 5.54 Å². The summed E-state index contributed by atoms with van der Waals surface area (Å²) in [5.74, 6) is -0.127. The Morgan fingerprint density at radius 1 is 1.26 bits per heavy atom. The van der Waals surface area contributed by atoms with E-state index in [1.54, 1.807) is 5.38 Å². The lowest BCUT2D eigenvalue weighted by atomic mass is 9.76. The third-order valence-corrected chi connectivity index (χ3v) is 5.54. The van der Waals surface area contributed by atoms with Gasteiger partial charge in [-0.05, 0) is 30.5 Å². The monoisotopic (exact) mass is 349 g/mol. The highest BCUT2D eigenvalue weighted by molar-refractivity contribution is 7.09. The molecular formula is C17H20ClN3OS. The number of rotatable bonds is 4. The largest absolute Gasteiger partial charge is 0.341 e. The molecule has 1 aliphatic rings. The third kappa shape index (κ3) is 3.57. The lowest BCUT2D eigenvalue weighted by Crippen LogP contribution is -2.47. The molecule has 122 valence electrons. The van der Waals surface area contributed by atoms with Crippen molar-refractivity contribution < 1.29 is 4.79 Å². The number of hydrogen-bond acceptors (Lipinski definition) is 4. The standard InChI is InChI=1S/C17H20ClN3OS/c18-13-6-4-12(5-7-13)17(8-2-1-3-9-17)21-16(22)14-11-23-15(10-19)20-14/h4-7,11H,1-3,8-10,19H2,(H,21,22). The van der Waals surface area contributed by atoms with E-state index in [2.05, 4.69) is 10.3 Å². The summed E-state index contributed by atoms with van der Waals surface area (Å²) in [6.45, 7) is 0.361. The van der Waals surface area contributed by atoms with Crippen LogP contribution in [-0.4, -0.2) is 10.9 Å². The van der Waals surface area contributed by atoms with E-state index >= 15 is 0 Å². The molecular weight excluding hydrogens is 330 g/mol. The van der Waals surface area contributed by atoms with Crippen molar-refractivity contribution in [3.05, 3.63) is 50.9 Å². The Bertz CT molecular complexity index is 677. The number of nitrogens with two attached hydrogens (primary N) is 1. The van der Waals surface area contributed by atoms with E-state index in [0.717, 1.165) is 36.3 Å². The zero-order chi connectivity index (χ0) is 16.3. The van der Waals surface area contributed by atoms with E-state index < -0.39 is 0 Å². The molecule has 0 radical (unpaired) electrons. The third-order valence-electron chi connectivity index (χ3n) is 4.42. The van der Waals surface area contributed by atoms with Crippen molar-refractivity contribution in [1.82, 2.24) is 10.3 Å². The van der Waals surface area contributed by atoms with Crippen LogP contribution in [0.5, 0.6) is 0 Å². The molecule has 0 atom stereocenters. The average molecular weight is 350 g/mol. The van der Waals surface area contributed by atoms with Gasteiger partial charge in [-0.15, -0.1) is 11.3 Å². The summed E-state index contributed by atoms with van der Waals surface area (Å²) in [4.78, 5) is 16.9. The number of benzene rings is 1. The molecule has 0 bridgehead atoms. The summed E-state index contributed by atoms with van der Waals surface area (Å²) in [6.07, 6.45) is 5.30. The van der Waals surface area contributed by atoms with Crippen molar-refractivity contribution in [3.63, 3.8) is 0 Å². The first-order valence-corrected chi connectivity index (χ1v) is 9.12. The van der Waals surface area contributed by atoms with E-state index in [0.29, 0.717) is 17.3 Å². The molecule has 4 nitrogen and oxygen atoms in total. The Labute approximate surface area is 145 Å². The summed E-state index contributed by atoms with van der Waals surface area (Å²) in [6, 6.07) is 7.80. The van der Waals surface area contributed by atoms with Gasteiger partial charge in [0.25, 0.3) is 5.91 Å². The van der Waals surface area contributed by atoms with Crippen LogP contribution < -0.4 is 11.1 Å². The van der Waals surface area contributed by atoms with Gasteiger partial charge >= 0.3 is 0 Å². The van der Waals surface area contributed by atoms with Crippen LogP contribution in [0.4, 0.5) is 0 Å². The normalized spacial score (nSPS) is 17.0. The molecule has 1 heterocycles. The quantitative estimate of drug-likeness (QED) is 0.881. The zero-order valence-corrected chi connectivity index (χ0v) is 14.4. The first-order valence-electron chi connectivity index (χ1n) is 7.86. The fourth-order valence-corrected chi connectivity index (χ4v) is 3.98. The van der Waals surface area contributed by atoms with Crippen molar-refractivity contribution >= 4 is 28.8 Å². The van der Waals surface area contributed by atoms with E-state index in [1.165, 1.54) is 17.8 Å². The van der Waals surface area contributed by atoms with Crippen LogP contribution in [0.1, 0.15) is 53.2 Å². The summed E-state index contributed by atoms with van der Waals surface area (Å²) in [5, 5.41) is 6.50. The first-order chi connectivity index (χ1) is 11.1. The molecule has 0 spiro atoms. The maximum Gasteiger partial charge on any atom is 0.271 e. The molecule has 0 aliphatic heterocycles. The van der Waals surface area contributed by atoms with E-state index in [9.17, 15) is 4.79 Å². The number of amides is 1. The Morgan fingerprint density at radius 2 is 1.96 bits per heavy atom. The lowest BCUT2D eigenvalue weighted by molar-refractivity contribution is 0.0861. The Hall–Kier alpha value is -1.43. The summed E-state index contributed by atoms with van der Waals surface area (Å²) >= 11 is 7.43. The second-order valence-corrected chi connectivity index (χ2v) is 7.31. The molecule has 0 saturated heterocycles. The number of thiazole rings is 1. The predicted molar refractivity (Wildman–Crippen MR) is 93.7 cm³/mol. The topological polar surface area (TPSA) is 68.0 Å². The van der Waals surface area contributed by atoms with Gasteiger partial charge in [0.1, 0.15) is 10.7 Å². The van der Waals surface area contributed by atoms with Gasteiger partial charge in [0.2, 0.25) is 0 Å². The van der Waals surface area contributed by atoms with E-state index in [4.69, 9.17) is 17.3 Å². The smallest absolute Gasteiger partial charge is 0.271 e. The van der Waals surface area contributed by atoms with Gasteiger partial charge in [-0.2, -0.15) is 0 Å². The molecule has 1 aromatic carbocycles. The molecule has 1 amide bonds. The average Bonchev–Trinajstić information content (AvgIpc) is 3.05. The molecule has 1 fully saturated rings. The van der Waals surface area contributed by atoms with Crippen LogP contribution in [0.25, 0.3) is 0 Å². The molecule has 3 N–H and O–H groups in total. The second-order valence-electron chi connectivity index (χ2n) is 5.93. The summed E-state index contributed by atoms with van der Waals surface area (Å²) in [5.41, 5.74) is 6.82. The minimum Gasteiger partial charge on any atom is -0.341 e. The van der Waals surface area contributed by atoms with Gasteiger partial charge < -0.3 is 11.1 Å². The molecule has 1 aromatic heterocycles. The van der Waals surface area contributed by atoms with Crippen LogP contribution in [0.3, 0.4) is 0 Å². The minimum absolute atomic E-state index is 0.127. The van der Waals surface area contributed by atoms with Crippen LogP contribution in [0.2, 0.25) is 5.02 Å². The highest BCUT2D eigenvalue weighted by atomic mass is 35.5. The van der Waals surface area contributed by atoms with E-state index in [-0.39, 0.29) is 11.4 Å². The van der Waals surface area contributed by atoms with Crippen LogP contribution in [0, 0.1) is 0 Å². The van der Waals surface area contributed by atoms with Crippen LogP contribution >= 0.6 is 22.9 Å². The Kier molecular flexibility index (Phi) is 4.99. The zero-order valence-electron chi connectivity index (χ0n) is 12.8. The molecule has 2 aromatic rings. The first kappa shape index (κ1) is 16.4. The SMILES string of the molecule is NCc1nc(C(=O)NC2(c3ccc(Cl)cc3)CCCCC2)cs1. The molecule has 6 heteroatoms. The summed E-state index contributed by atoms with van der Waals surface area (Å²) in [7, 11) is 0.